The van der Waals surface area contributed by atoms with E-state index in [2.05, 4.69) is 42.2 Å². The van der Waals surface area contributed by atoms with Gasteiger partial charge in [-0.3, -0.25) is 67.0 Å². The van der Waals surface area contributed by atoms with Crippen LogP contribution in [0.5, 0.6) is 0 Å². The minimum atomic E-state index is -4.09. The number of carbonyl (C=O) groups is 14. The minimum Gasteiger partial charge on any atom is -0.481 e. The lowest BCUT2D eigenvalue weighted by Gasteiger charge is -2.52. The molecule has 39 nitrogen and oxygen atoms in total. The first-order valence-corrected chi connectivity index (χ1v) is 42.2. The van der Waals surface area contributed by atoms with Crippen molar-refractivity contribution in [2.45, 2.75) is 183 Å². The molecule has 1 aliphatic heterocycles. The molecule has 614 valence electrons. The summed E-state index contributed by atoms with van der Waals surface area (Å²) in [6, 6.07) is -3.28. The van der Waals surface area contributed by atoms with Gasteiger partial charge in [-0.25, -0.2) is 28.7 Å². The number of benzene rings is 1. The Bertz CT molecular complexity index is 3550. The van der Waals surface area contributed by atoms with Gasteiger partial charge in [0.25, 0.3) is 5.91 Å². The van der Waals surface area contributed by atoms with Gasteiger partial charge in [0.05, 0.1) is 31.7 Å². The first-order valence-electron chi connectivity index (χ1n) is 35.2. The van der Waals surface area contributed by atoms with Gasteiger partial charge in [-0.1, -0.05) is 15.6 Å². The highest BCUT2D eigenvalue weighted by Gasteiger charge is 2.48. The maximum absolute atomic E-state index is 17.1. The molecule has 0 spiro atoms. The Morgan fingerprint density at radius 3 is 1.47 bits per heavy atom. The summed E-state index contributed by atoms with van der Waals surface area (Å²) in [6.45, 7) is 11.7. The second-order valence-corrected chi connectivity index (χ2v) is 38.2. The normalized spacial score (nSPS) is 16.1. The van der Waals surface area contributed by atoms with E-state index < -0.39 is 206 Å². The molecule has 1 aliphatic rings. The number of nitrogens with zero attached hydrogens (tertiary/aromatic N) is 6. The number of urea groups is 1. The van der Waals surface area contributed by atoms with Gasteiger partial charge in [-0.05, 0) is 117 Å². The molecule has 2 aromatic rings. The number of halogens is 1. The number of nitrogens with one attached hydrogen (secondary N) is 8. The first kappa shape index (κ1) is 94.9. The molecule has 0 radical (unpaired) electrons. The number of hydrogen-bond acceptors (Lipinski definition) is 21. The van der Waals surface area contributed by atoms with Crippen molar-refractivity contribution in [1.82, 2.24) is 72.2 Å². The molecule has 0 aliphatic carbocycles. The fourth-order valence-corrected chi connectivity index (χ4v) is 19.5. The molecule has 8 amide bonds. The summed E-state index contributed by atoms with van der Waals surface area (Å²) in [5.74, 6) is -14.1. The number of carboxylic acid groups (broad SMARTS) is 7. The van der Waals surface area contributed by atoms with Crippen LogP contribution in [-0.2, 0) is 73.2 Å². The smallest absolute Gasteiger partial charge is 0.326 e. The van der Waals surface area contributed by atoms with Crippen LogP contribution in [-0.4, -0.2) is 288 Å². The monoisotopic (exact) mass is 1630 g/mol. The zero-order valence-electron chi connectivity index (χ0n) is 61.9. The quantitative estimate of drug-likeness (QED) is 0.0332. The van der Waals surface area contributed by atoms with E-state index in [1.165, 1.54) is 30.5 Å². The van der Waals surface area contributed by atoms with E-state index in [1.807, 2.05) is 15.5 Å². The summed E-state index contributed by atoms with van der Waals surface area (Å²) in [6.07, 6.45) is -3.36. The number of amides is 8. The summed E-state index contributed by atoms with van der Waals surface area (Å²) in [4.78, 5) is 200. The highest BCUT2D eigenvalue weighted by Crippen LogP contribution is 2.74. The standard InChI is InChI=1S/C65H106FN14O25P3S/c1-64(2,3)109(66,65(4,5)6)44-14-12-42(13-15-44)57(91)70-37-49(80-38-43(75-76-80)36-69-52(83)23-34-107(102,103)40-78-29-27-77(39-106-33-22-55(87)88)28-30-79(32-31-78)41-108(104,105)35-24-56(89)90)58(92)72-46(60(95)96)10-7-8-25-67-50(81)19-20-51(82)68-26-9-11-45(59(93)94)71-53(84)18-16-47(61(97)98)73-63(101)74-48(62(99)100)17-21-54(85)86/h12-15,38,45-49,106H,7-11,16-37,39-41H2,1-6H3,(H,67,81)(H,68,82)(H,69,83)(H,70,91)(H,71,84)(H,72,92)(H,85,86)(H,87,88)(H,89,90)(H,93,94)(H,95,96)(H,97,98)(H,99,100)(H,102,103)(H,104,105)(H2,73,74,101)/t45-,46-,47+,48+,49+/m1/s1. The van der Waals surface area contributed by atoms with E-state index >= 15 is 3.89 Å². The van der Waals surface area contributed by atoms with Gasteiger partial charge < -0.3 is 88.1 Å². The molecule has 3 unspecified atom stereocenters. The van der Waals surface area contributed by atoms with Gasteiger partial charge in [-0.15, -0.1) is 13.7 Å². The zero-order chi connectivity index (χ0) is 82.0. The summed E-state index contributed by atoms with van der Waals surface area (Å²) >= 11 is 0. The van der Waals surface area contributed by atoms with Crippen LogP contribution in [0.25, 0.3) is 0 Å². The van der Waals surface area contributed by atoms with Crippen LogP contribution >= 0.6 is 33.7 Å². The summed E-state index contributed by atoms with van der Waals surface area (Å²) < 4.78 is 43.3. The van der Waals surface area contributed by atoms with Gasteiger partial charge in [0.1, 0.15) is 35.9 Å². The lowest BCUT2D eigenvalue weighted by atomic mass is 10.1. The number of aliphatic carboxylic acids is 7. The van der Waals surface area contributed by atoms with Crippen molar-refractivity contribution in [2.24, 2.45) is 0 Å². The van der Waals surface area contributed by atoms with E-state index in [0.717, 1.165) is 4.68 Å². The molecule has 1 saturated heterocycles. The Kier molecular flexibility index (Phi) is 39.8. The first-order chi connectivity index (χ1) is 50.8. The third kappa shape index (κ3) is 36.0. The van der Waals surface area contributed by atoms with Crippen molar-refractivity contribution in [3.8, 4) is 0 Å². The molecule has 44 heteroatoms. The highest BCUT2D eigenvalue weighted by molar-refractivity contribution is 8.31. The number of carboxylic acids is 7. The van der Waals surface area contributed by atoms with E-state index in [1.54, 1.807) is 51.3 Å². The third-order valence-corrected chi connectivity index (χ3v) is 26.2. The molecular formula is C65H106FN14O25P3S. The number of hydrogen-bond donors (Lipinski definition) is 17. The van der Waals surface area contributed by atoms with Gasteiger partial charge in [0.2, 0.25) is 44.3 Å². The van der Waals surface area contributed by atoms with Gasteiger partial charge in [0, 0.05) is 136 Å². The van der Waals surface area contributed by atoms with E-state index in [4.69, 9.17) is 15.3 Å². The molecule has 0 bridgehead atoms. The summed E-state index contributed by atoms with van der Waals surface area (Å²) in [5.41, 5.74) is 0.159. The maximum atomic E-state index is 17.1. The number of aromatic nitrogens is 3. The Balaban J connectivity index is 1.62. The topological polar surface area (TPSA) is 592 Å². The molecule has 2 heterocycles. The number of rotatable bonds is 49. The van der Waals surface area contributed by atoms with Crippen molar-refractivity contribution in [3.05, 3.63) is 41.7 Å². The molecule has 1 fully saturated rings. The van der Waals surface area contributed by atoms with Crippen LogP contribution in [0.4, 0.5) is 8.68 Å². The largest absolute Gasteiger partial charge is 0.481 e. The summed E-state index contributed by atoms with van der Waals surface area (Å²) in [5, 5.41) is 92.8. The van der Waals surface area contributed by atoms with E-state index in [9.17, 15) is 106 Å². The average Bonchev–Trinajstić information content (AvgIpc) is 0.940. The van der Waals surface area contributed by atoms with Crippen LogP contribution in [0.1, 0.15) is 154 Å². The maximum Gasteiger partial charge on any atom is 0.326 e. The molecule has 1 aromatic heterocycles. The predicted molar refractivity (Wildman–Crippen MR) is 395 cm³/mol. The van der Waals surface area contributed by atoms with Crippen LogP contribution in [0.15, 0.2) is 35.4 Å². The molecule has 0 saturated carbocycles. The molecule has 17 N–H and O–H groups in total. The zero-order valence-corrected chi connectivity index (χ0v) is 65.5. The lowest BCUT2D eigenvalue weighted by molar-refractivity contribution is -0.143. The van der Waals surface area contributed by atoms with Gasteiger partial charge in [0.15, 0.2) is 0 Å². The Morgan fingerprint density at radius 2 is 0.972 bits per heavy atom. The highest BCUT2D eigenvalue weighted by atomic mass is 32.3. The molecule has 3 rings (SSSR count). The fraction of sp³-hybridized carbons (Fsp3) is 0.662. The van der Waals surface area contributed by atoms with E-state index in [0.29, 0.717) is 37.0 Å². The lowest BCUT2D eigenvalue weighted by Crippen LogP contribution is -2.51. The van der Waals surface area contributed by atoms with Crippen molar-refractivity contribution in [1.29, 1.82) is 0 Å². The predicted octanol–water partition coefficient (Wildman–Crippen LogP) is 1.81. The Hall–Kier alpha value is -8.29. The van der Waals surface area contributed by atoms with Crippen LogP contribution in [0.2, 0.25) is 0 Å². The van der Waals surface area contributed by atoms with E-state index in [-0.39, 0.29) is 123 Å². The Morgan fingerprint density at radius 1 is 0.523 bits per heavy atom. The third-order valence-electron chi connectivity index (χ3n) is 17.1. The second-order valence-electron chi connectivity index (χ2n) is 28.0. The number of unbranched alkanes of at least 4 members (excludes halogenated alkanes) is 1. The SMILES string of the molecule is CC(C)(C)S(F)(c1ccc(C(=O)NC[C@@H](C(=O)N[C@H](CCCCNC(=O)CCC(=O)NCCC[C@@H](NC(=O)CC[C@H](NC(=O)N[C@@H](CCC(=O)O)C(=O)O)C(=O)O)C(=O)O)C(=O)O)n2cc(CNC(=O)CCP(=O)(O)CN3CCN(CPCCC(=O)O)CCN(CP(=O)(O)CCC(=O)O)CC3)nn2)cc1)C(C)(C)C. The van der Waals surface area contributed by atoms with Crippen LogP contribution in [0.3, 0.4) is 0 Å². The minimum absolute atomic E-state index is 0.0103. The van der Waals surface area contributed by atoms with Crippen molar-refractivity contribution in [2.75, 3.05) is 96.2 Å². The van der Waals surface area contributed by atoms with Crippen molar-refractivity contribution < 1.29 is 126 Å². The molecule has 8 atom stereocenters. The van der Waals surface area contributed by atoms with Crippen molar-refractivity contribution >= 4 is 117 Å². The fourth-order valence-electron chi connectivity index (χ4n) is 11.3. The van der Waals surface area contributed by atoms with Crippen LogP contribution < -0.4 is 42.5 Å². The van der Waals surface area contributed by atoms with Gasteiger partial charge in [-0.2, -0.15) is 3.89 Å². The van der Waals surface area contributed by atoms with Crippen LogP contribution in [0, 0.1) is 0 Å². The molecule has 1 aromatic carbocycles. The Labute approximate surface area is 632 Å². The second kappa shape index (κ2) is 45.8. The number of carbonyl (C=O) groups excluding carboxylic acids is 7. The summed E-state index contributed by atoms with van der Waals surface area (Å²) in [7, 11) is -10.8. The van der Waals surface area contributed by atoms with Crippen molar-refractivity contribution in [3.63, 3.8) is 0 Å². The average molecular weight is 1630 g/mol. The van der Waals surface area contributed by atoms with Gasteiger partial charge >= 0.3 is 47.8 Å². The molecular weight excluding hydrogens is 1520 g/mol. The molecule has 109 heavy (non-hydrogen) atoms.